The normalized spacial score (nSPS) is 19.4. The van der Waals surface area contributed by atoms with Gasteiger partial charge >= 0.3 is 5.97 Å². The first-order chi connectivity index (χ1) is 7.22. The Labute approximate surface area is 98.9 Å². The topological polar surface area (TPSA) is 38.3 Å². The lowest BCUT2D eigenvalue weighted by molar-refractivity contribution is -0.155. The maximum absolute atomic E-state index is 11.8. The van der Waals surface area contributed by atoms with Crippen molar-refractivity contribution in [3.05, 3.63) is 0 Å². The molecular weight excluding hydrogens is 202 g/mol. The van der Waals surface area contributed by atoms with Gasteiger partial charge in [-0.3, -0.25) is 4.79 Å². The molecule has 0 aromatic carbocycles. The van der Waals surface area contributed by atoms with Crippen LogP contribution >= 0.6 is 0 Å². The monoisotopic (exact) mass is 227 g/mol. The molecule has 0 aromatic rings. The van der Waals surface area contributed by atoms with Gasteiger partial charge in [-0.25, -0.2) is 0 Å². The Kier molecular flexibility index (Phi) is 3.68. The van der Waals surface area contributed by atoms with Gasteiger partial charge in [-0.15, -0.1) is 0 Å². The second kappa shape index (κ2) is 4.36. The van der Waals surface area contributed by atoms with Gasteiger partial charge in [-0.2, -0.15) is 0 Å². The summed E-state index contributed by atoms with van der Waals surface area (Å²) in [6.07, 6.45) is 2.62. The van der Waals surface area contributed by atoms with Crippen LogP contribution in [0.5, 0.6) is 0 Å². The number of hydrogen-bond donors (Lipinski definition) is 1. The Morgan fingerprint density at radius 1 is 1.31 bits per heavy atom. The number of nitrogens with one attached hydrogen (secondary N) is 1. The molecule has 1 N–H and O–H groups in total. The van der Waals surface area contributed by atoms with E-state index >= 15 is 0 Å². The van der Waals surface area contributed by atoms with Gasteiger partial charge in [0.15, 0.2) is 0 Å². The average molecular weight is 227 g/mol. The molecule has 16 heavy (non-hydrogen) atoms. The van der Waals surface area contributed by atoms with Gasteiger partial charge in [0.25, 0.3) is 0 Å². The highest BCUT2D eigenvalue weighted by Gasteiger charge is 2.46. The highest BCUT2D eigenvalue weighted by atomic mass is 16.5. The van der Waals surface area contributed by atoms with Gasteiger partial charge < -0.3 is 10.1 Å². The Hall–Kier alpha value is -0.570. The summed E-state index contributed by atoms with van der Waals surface area (Å²) in [5.41, 5.74) is -0.785. The molecule has 1 aliphatic carbocycles. The maximum Gasteiger partial charge on any atom is 0.313 e. The van der Waals surface area contributed by atoms with Crippen molar-refractivity contribution in [2.45, 2.75) is 59.0 Å². The van der Waals surface area contributed by atoms with Crippen molar-refractivity contribution >= 4 is 5.97 Å². The van der Waals surface area contributed by atoms with Crippen molar-refractivity contribution < 1.29 is 9.53 Å². The second-order valence-electron chi connectivity index (χ2n) is 6.01. The Morgan fingerprint density at radius 2 is 1.81 bits per heavy atom. The molecule has 0 heterocycles. The van der Waals surface area contributed by atoms with Crippen LogP contribution in [0.1, 0.15) is 47.5 Å². The lowest BCUT2D eigenvalue weighted by Gasteiger charge is -2.42. The Bertz CT molecular complexity index is 267. The van der Waals surface area contributed by atoms with Crippen LogP contribution in [0.15, 0.2) is 0 Å². The van der Waals surface area contributed by atoms with Crippen LogP contribution in [-0.4, -0.2) is 24.7 Å². The molecule has 0 amide bonds. The van der Waals surface area contributed by atoms with Crippen molar-refractivity contribution in [3.8, 4) is 0 Å². The molecule has 1 aliphatic rings. The van der Waals surface area contributed by atoms with Gasteiger partial charge in [0.05, 0.1) is 12.5 Å². The molecule has 3 nitrogen and oxygen atoms in total. The fraction of sp³-hybridized carbons (Fsp3) is 0.923. The maximum atomic E-state index is 11.8. The third-order valence-electron chi connectivity index (χ3n) is 4.18. The molecule has 1 fully saturated rings. The minimum Gasteiger partial charge on any atom is -0.469 e. The van der Waals surface area contributed by atoms with Crippen LogP contribution in [0, 0.1) is 11.3 Å². The first-order valence-electron chi connectivity index (χ1n) is 6.08. The van der Waals surface area contributed by atoms with E-state index in [4.69, 9.17) is 4.74 Å². The number of hydrogen-bond acceptors (Lipinski definition) is 3. The zero-order valence-corrected chi connectivity index (χ0v) is 11.4. The number of ether oxygens (including phenoxy) is 1. The summed E-state index contributed by atoms with van der Waals surface area (Å²) in [5.74, 6) is 0.626. The van der Waals surface area contributed by atoms with Crippen LogP contribution in [0.3, 0.4) is 0 Å². The molecule has 1 rings (SSSR count). The molecule has 1 unspecified atom stereocenters. The zero-order valence-electron chi connectivity index (χ0n) is 11.4. The van der Waals surface area contributed by atoms with Crippen molar-refractivity contribution in [1.82, 2.24) is 5.32 Å². The van der Waals surface area contributed by atoms with Gasteiger partial charge in [-0.05, 0) is 53.4 Å². The van der Waals surface area contributed by atoms with Crippen LogP contribution in [0.4, 0.5) is 0 Å². The van der Waals surface area contributed by atoms with E-state index in [9.17, 15) is 4.79 Å². The summed E-state index contributed by atoms with van der Waals surface area (Å²) in [6.45, 7) is 10.2. The smallest absolute Gasteiger partial charge is 0.313 e. The molecular formula is C13H25NO2. The lowest BCUT2D eigenvalue weighted by atomic mass is 9.74. The summed E-state index contributed by atoms with van der Waals surface area (Å²) in [6, 6.07) is 0.471. The van der Waals surface area contributed by atoms with Crippen LogP contribution in [0.25, 0.3) is 0 Å². The fourth-order valence-electron chi connectivity index (χ4n) is 1.97. The van der Waals surface area contributed by atoms with Crippen LogP contribution < -0.4 is 5.32 Å². The predicted molar refractivity (Wildman–Crippen MR) is 65.2 cm³/mol. The van der Waals surface area contributed by atoms with E-state index in [1.807, 2.05) is 13.8 Å². The molecule has 0 aliphatic heterocycles. The third kappa shape index (κ3) is 2.57. The zero-order chi connectivity index (χ0) is 12.6. The third-order valence-corrected chi connectivity index (χ3v) is 4.18. The summed E-state index contributed by atoms with van der Waals surface area (Å²) in [5, 5.41) is 3.57. The number of carbonyl (C=O) groups is 1. The molecule has 3 heteroatoms. The van der Waals surface area contributed by atoms with E-state index in [1.165, 1.54) is 20.0 Å². The summed E-state index contributed by atoms with van der Waals surface area (Å²) in [7, 11) is 1.45. The van der Waals surface area contributed by atoms with Gasteiger partial charge in [-0.1, -0.05) is 0 Å². The predicted octanol–water partition coefficient (Wildman–Crippen LogP) is 2.35. The Morgan fingerprint density at radius 3 is 2.19 bits per heavy atom. The fourth-order valence-corrected chi connectivity index (χ4v) is 1.97. The Balaban J connectivity index is 2.70. The van der Waals surface area contributed by atoms with E-state index in [2.05, 4.69) is 26.1 Å². The number of carbonyl (C=O) groups excluding carboxylic acids is 1. The number of methoxy groups -OCH3 is 1. The van der Waals surface area contributed by atoms with E-state index in [1.54, 1.807) is 0 Å². The highest BCUT2D eigenvalue weighted by Crippen LogP contribution is 2.37. The van der Waals surface area contributed by atoms with E-state index in [0.717, 1.165) is 5.92 Å². The van der Waals surface area contributed by atoms with E-state index in [0.29, 0.717) is 6.04 Å². The minimum atomic E-state index is -0.523. The molecule has 0 bridgehead atoms. The molecule has 1 atom stereocenters. The number of rotatable bonds is 5. The van der Waals surface area contributed by atoms with E-state index in [-0.39, 0.29) is 11.5 Å². The molecule has 0 radical (unpaired) electrons. The summed E-state index contributed by atoms with van der Waals surface area (Å²) >= 11 is 0. The molecule has 0 spiro atoms. The van der Waals surface area contributed by atoms with Crippen molar-refractivity contribution in [3.63, 3.8) is 0 Å². The lowest BCUT2D eigenvalue weighted by Crippen LogP contribution is -2.58. The standard InChI is InChI=1S/C13H25NO2/c1-9(10-7-8-10)14-13(4,5)12(2,3)11(15)16-6/h9-10,14H,7-8H2,1-6H3. The average Bonchev–Trinajstić information content (AvgIpc) is 2.98. The minimum absolute atomic E-state index is 0.159. The molecule has 1 saturated carbocycles. The van der Waals surface area contributed by atoms with Crippen LogP contribution in [0.2, 0.25) is 0 Å². The van der Waals surface area contributed by atoms with Crippen molar-refractivity contribution in [2.24, 2.45) is 11.3 Å². The van der Waals surface area contributed by atoms with Gasteiger partial charge in [0, 0.05) is 11.6 Å². The molecule has 0 saturated heterocycles. The number of esters is 1. The molecule has 0 aromatic heterocycles. The van der Waals surface area contributed by atoms with Gasteiger partial charge in [0.2, 0.25) is 0 Å². The van der Waals surface area contributed by atoms with Gasteiger partial charge in [0.1, 0.15) is 0 Å². The van der Waals surface area contributed by atoms with Crippen molar-refractivity contribution in [1.29, 1.82) is 0 Å². The quantitative estimate of drug-likeness (QED) is 0.733. The first-order valence-corrected chi connectivity index (χ1v) is 6.08. The first kappa shape index (κ1) is 13.5. The van der Waals surface area contributed by atoms with Crippen molar-refractivity contribution in [2.75, 3.05) is 7.11 Å². The summed E-state index contributed by atoms with van der Waals surface area (Å²) < 4.78 is 4.88. The second-order valence-corrected chi connectivity index (χ2v) is 6.01. The van der Waals surface area contributed by atoms with Crippen LogP contribution in [-0.2, 0) is 9.53 Å². The van der Waals surface area contributed by atoms with E-state index < -0.39 is 5.41 Å². The SMILES string of the molecule is COC(=O)C(C)(C)C(C)(C)NC(C)C1CC1. The summed E-state index contributed by atoms with van der Waals surface area (Å²) in [4.78, 5) is 11.8. The largest absolute Gasteiger partial charge is 0.469 e. The molecule has 94 valence electrons. The highest BCUT2D eigenvalue weighted by molar-refractivity contribution is 5.77.